The molecule has 2 rings (SSSR count). The molecule has 0 aliphatic rings. The molecule has 2 aromatic rings. The van der Waals surface area contributed by atoms with E-state index in [1.54, 1.807) is 36.4 Å². The molecule has 0 unspecified atom stereocenters. The number of carbonyl (C=O) groups is 2. The summed E-state index contributed by atoms with van der Waals surface area (Å²) in [6.45, 7) is -0.390. The lowest BCUT2D eigenvalue weighted by Gasteiger charge is -2.03. The van der Waals surface area contributed by atoms with Crippen molar-refractivity contribution in [3.8, 4) is 5.75 Å². The first-order valence-electron chi connectivity index (χ1n) is 6.59. The normalized spacial score (nSPS) is 10.5. The topological polar surface area (TPSA) is 88.0 Å². The van der Waals surface area contributed by atoms with Crippen LogP contribution in [0.25, 0.3) is 0 Å². The molecule has 0 aliphatic carbocycles. The van der Waals surface area contributed by atoms with E-state index in [9.17, 15) is 9.59 Å². The van der Waals surface area contributed by atoms with Gasteiger partial charge in [0.1, 0.15) is 5.75 Å². The largest absolute Gasteiger partial charge is 0.482 e. The van der Waals surface area contributed by atoms with E-state index in [-0.39, 0.29) is 12.5 Å². The van der Waals surface area contributed by atoms with E-state index < -0.39 is 5.97 Å². The van der Waals surface area contributed by atoms with Gasteiger partial charge in [-0.2, -0.15) is 5.10 Å². The summed E-state index contributed by atoms with van der Waals surface area (Å²) < 4.78 is 5.87. The van der Waals surface area contributed by atoms with Gasteiger partial charge in [0.15, 0.2) is 6.61 Å². The van der Waals surface area contributed by atoms with Crippen LogP contribution in [0.2, 0.25) is 0 Å². The number of hydrazone groups is 1. The number of carboxylic acids is 1. The molecule has 7 heteroatoms. The molecular weight excluding hydrogens is 411 g/mol. The number of halogens is 1. The van der Waals surface area contributed by atoms with Crippen LogP contribution in [0.3, 0.4) is 0 Å². The van der Waals surface area contributed by atoms with Gasteiger partial charge in [0.25, 0.3) is 5.91 Å². The Labute approximate surface area is 146 Å². The number of rotatable bonds is 6. The van der Waals surface area contributed by atoms with Crippen LogP contribution in [-0.4, -0.2) is 29.8 Å². The highest BCUT2D eigenvalue weighted by atomic mass is 127. The van der Waals surface area contributed by atoms with Gasteiger partial charge in [-0.3, -0.25) is 4.79 Å². The van der Waals surface area contributed by atoms with Crippen LogP contribution < -0.4 is 10.2 Å². The average molecular weight is 424 g/mol. The van der Waals surface area contributed by atoms with Gasteiger partial charge < -0.3 is 9.84 Å². The first-order valence-corrected chi connectivity index (χ1v) is 7.67. The molecule has 1 amide bonds. The van der Waals surface area contributed by atoms with Gasteiger partial charge in [-0.05, 0) is 64.6 Å². The SMILES string of the molecule is O=C(O)COc1ccc(/C=N/NC(=O)c2ccccc2I)cc1. The average Bonchev–Trinajstić information content (AvgIpc) is 2.54. The Balaban J connectivity index is 1.92. The Kier molecular flexibility index (Phi) is 6.10. The number of nitrogens with one attached hydrogen (secondary N) is 1. The molecule has 2 N–H and O–H groups in total. The second kappa shape index (κ2) is 8.28. The van der Waals surface area contributed by atoms with Crippen molar-refractivity contribution in [2.75, 3.05) is 6.61 Å². The fourth-order valence-electron chi connectivity index (χ4n) is 1.67. The fourth-order valence-corrected chi connectivity index (χ4v) is 2.30. The van der Waals surface area contributed by atoms with Crippen molar-refractivity contribution in [3.05, 3.63) is 63.2 Å². The fraction of sp³-hybridized carbons (Fsp3) is 0.0625. The van der Waals surface area contributed by atoms with Crippen molar-refractivity contribution in [1.82, 2.24) is 5.43 Å². The molecule has 0 aromatic heterocycles. The number of amides is 1. The van der Waals surface area contributed by atoms with Gasteiger partial charge in [-0.1, -0.05) is 12.1 Å². The van der Waals surface area contributed by atoms with Crippen molar-refractivity contribution in [2.24, 2.45) is 5.10 Å². The number of hydrogen-bond donors (Lipinski definition) is 2. The predicted molar refractivity (Wildman–Crippen MR) is 93.8 cm³/mol. The molecule has 0 spiro atoms. The number of ether oxygens (including phenoxy) is 1. The summed E-state index contributed by atoms with van der Waals surface area (Å²) in [6, 6.07) is 13.9. The lowest BCUT2D eigenvalue weighted by molar-refractivity contribution is -0.139. The van der Waals surface area contributed by atoms with E-state index in [4.69, 9.17) is 9.84 Å². The molecule has 0 saturated carbocycles. The standard InChI is InChI=1S/C16H13IN2O4/c17-14-4-2-1-3-13(14)16(22)19-18-9-11-5-7-12(8-6-11)23-10-15(20)21/h1-9H,10H2,(H,19,22)(H,20,21)/b18-9+. The molecule has 23 heavy (non-hydrogen) atoms. The zero-order chi connectivity index (χ0) is 16.7. The maximum atomic E-state index is 12.0. The molecule has 0 heterocycles. The van der Waals surface area contributed by atoms with Crippen molar-refractivity contribution in [2.45, 2.75) is 0 Å². The molecular formula is C16H13IN2O4. The van der Waals surface area contributed by atoms with E-state index in [2.05, 4.69) is 33.1 Å². The zero-order valence-electron chi connectivity index (χ0n) is 11.9. The first-order chi connectivity index (χ1) is 11.1. The van der Waals surface area contributed by atoms with Crippen LogP contribution >= 0.6 is 22.6 Å². The molecule has 6 nitrogen and oxygen atoms in total. The van der Waals surface area contributed by atoms with E-state index >= 15 is 0 Å². The van der Waals surface area contributed by atoms with Crippen molar-refractivity contribution >= 4 is 40.7 Å². The van der Waals surface area contributed by atoms with Crippen molar-refractivity contribution < 1.29 is 19.4 Å². The molecule has 0 bridgehead atoms. The third-order valence-electron chi connectivity index (χ3n) is 2.74. The molecule has 118 valence electrons. The quantitative estimate of drug-likeness (QED) is 0.424. The molecule has 0 saturated heterocycles. The minimum atomic E-state index is -1.03. The number of carbonyl (C=O) groups excluding carboxylic acids is 1. The van der Waals surface area contributed by atoms with Gasteiger partial charge in [-0.25, -0.2) is 10.2 Å². The highest BCUT2D eigenvalue weighted by Gasteiger charge is 2.07. The number of nitrogens with zero attached hydrogens (tertiary/aromatic N) is 1. The van der Waals surface area contributed by atoms with Gasteiger partial charge in [-0.15, -0.1) is 0 Å². The summed E-state index contributed by atoms with van der Waals surface area (Å²) in [7, 11) is 0. The molecule has 0 atom stereocenters. The molecule has 0 radical (unpaired) electrons. The molecule has 0 fully saturated rings. The lowest BCUT2D eigenvalue weighted by Crippen LogP contribution is -2.18. The van der Waals surface area contributed by atoms with E-state index in [1.807, 2.05) is 12.1 Å². The Bertz CT molecular complexity index is 729. The van der Waals surface area contributed by atoms with Crippen LogP contribution in [-0.2, 0) is 4.79 Å². The Hall–Kier alpha value is -2.42. The van der Waals surface area contributed by atoms with Crippen LogP contribution in [0, 0.1) is 3.57 Å². The van der Waals surface area contributed by atoms with Crippen LogP contribution in [0.15, 0.2) is 53.6 Å². The lowest BCUT2D eigenvalue weighted by atomic mass is 10.2. The zero-order valence-corrected chi connectivity index (χ0v) is 14.1. The van der Waals surface area contributed by atoms with Gasteiger partial charge in [0.2, 0.25) is 0 Å². The summed E-state index contributed by atoms with van der Waals surface area (Å²) in [4.78, 5) is 22.4. The number of aliphatic carboxylic acids is 1. The smallest absolute Gasteiger partial charge is 0.341 e. The summed E-state index contributed by atoms with van der Waals surface area (Å²) in [5, 5.41) is 12.4. The second-order valence-electron chi connectivity index (χ2n) is 4.43. The third kappa shape index (κ3) is 5.37. The summed E-state index contributed by atoms with van der Waals surface area (Å²) >= 11 is 2.09. The van der Waals surface area contributed by atoms with E-state index in [1.165, 1.54) is 6.21 Å². The maximum absolute atomic E-state index is 12.0. The summed E-state index contributed by atoms with van der Waals surface area (Å²) in [6.07, 6.45) is 1.49. The number of carboxylic acid groups (broad SMARTS) is 1. The summed E-state index contributed by atoms with van der Waals surface area (Å²) in [5.74, 6) is -0.867. The Morgan fingerprint density at radius 2 is 1.87 bits per heavy atom. The van der Waals surface area contributed by atoms with E-state index in [0.29, 0.717) is 11.3 Å². The second-order valence-corrected chi connectivity index (χ2v) is 5.59. The molecule has 0 aliphatic heterocycles. The van der Waals surface area contributed by atoms with Crippen molar-refractivity contribution in [3.63, 3.8) is 0 Å². The third-order valence-corrected chi connectivity index (χ3v) is 3.68. The molecule has 2 aromatic carbocycles. The van der Waals surface area contributed by atoms with E-state index in [0.717, 1.165) is 9.13 Å². The maximum Gasteiger partial charge on any atom is 0.341 e. The Morgan fingerprint density at radius 3 is 2.52 bits per heavy atom. The van der Waals surface area contributed by atoms with Crippen LogP contribution in [0.4, 0.5) is 0 Å². The highest BCUT2D eigenvalue weighted by molar-refractivity contribution is 14.1. The first kappa shape index (κ1) is 16.9. The van der Waals surface area contributed by atoms with Crippen LogP contribution in [0.1, 0.15) is 15.9 Å². The van der Waals surface area contributed by atoms with Gasteiger partial charge in [0, 0.05) is 3.57 Å². The van der Waals surface area contributed by atoms with Crippen LogP contribution in [0.5, 0.6) is 5.75 Å². The predicted octanol–water partition coefficient (Wildman–Crippen LogP) is 2.52. The number of benzene rings is 2. The van der Waals surface area contributed by atoms with Gasteiger partial charge >= 0.3 is 5.97 Å². The monoisotopic (exact) mass is 424 g/mol. The van der Waals surface area contributed by atoms with Crippen molar-refractivity contribution in [1.29, 1.82) is 0 Å². The summed E-state index contributed by atoms with van der Waals surface area (Å²) in [5.41, 5.74) is 3.76. The Morgan fingerprint density at radius 1 is 1.17 bits per heavy atom. The minimum absolute atomic E-state index is 0.285. The minimum Gasteiger partial charge on any atom is -0.482 e. The number of hydrogen-bond acceptors (Lipinski definition) is 4. The highest BCUT2D eigenvalue weighted by Crippen LogP contribution is 2.12. The van der Waals surface area contributed by atoms with Gasteiger partial charge in [0.05, 0.1) is 11.8 Å².